The molecular weight excluding hydrogens is 390 g/mol. The fourth-order valence-corrected chi connectivity index (χ4v) is 3.22. The molecule has 2 aromatic carbocycles. The van der Waals surface area contributed by atoms with Crippen molar-refractivity contribution < 1.29 is 18.7 Å². The van der Waals surface area contributed by atoms with Gasteiger partial charge in [0, 0.05) is 17.1 Å². The van der Waals surface area contributed by atoms with Crippen molar-refractivity contribution in [2.24, 2.45) is 0 Å². The summed E-state index contributed by atoms with van der Waals surface area (Å²) >= 11 is 7.24. The first kappa shape index (κ1) is 17.7. The predicted molar refractivity (Wildman–Crippen MR) is 99.9 cm³/mol. The second-order valence-corrected chi connectivity index (χ2v) is 6.93. The maximum atomic E-state index is 12.0. The fraction of sp³-hybridized carbons (Fsp3) is 0.167. The van der Waals surface area contributed by atoms with Crippen LogP contribution in [0.4, 0.5) is 0 Å². The van der Waals surface area contributed by atoms with E-state index in [0.717, 1.165) is 11.1 Å². The standard InChI is InChI=1S/C18H14ClN3O4S/c19-13-4-2-1-3-12(13)8-20-16(23)9-27-18-22-21-17(26-18)11-5-6-14-15(7-11)25-10-24-14/h1-7H,8-10H2,(H,20,23). The van der Waals surface area contributed by atoms with Crippen LogP contribution in [0, 0.1) is 0 Å². The SMILES string of the molecule is O=C(CSc1nnc(-c2ccc3c(c2)OCO3)o1)NCc1ccccc1Cl. The van der Waals surface area contributed by atoms with Crippen LogP contribution in [-0.4, -0.2) is 28.7 Å². The predicted octanol–water partition coefficient (Wildman–Crippen LogP) is 3.53. The van der Waals surface area contributed by atoms with Gasteiger partial charge >= 0.3 is 0 Å². The molecule has 0 saturated carbocycles. The summed E-state index contributed by atoms with van der Waals surface area (Å²) in [6.07, 6.45) is 0. The van der Waals surface area contributed by atoms with Crippen LogP contribution < -0.4 is 14.8 Å². The third kappa shape index (κ3) is 4.17. The van der Waals surface area contributed by atoms with E-state index in [9.17, 15) is 4.79 Å². The molecule has 1 aliphatic heterocycles. The van der Waals surface area contributed by atoms with Crippen LogP contribution in [-0.2, 0) is 11.3 Å². The van der Waals surface area contributed by atoms with Crippen molar-refractivity contribution in [2.75, 3.05) is 12.5 Å². The van der Waals surface area contributed by atoms with Gasteiger partial charge in [-0.25, -0.2) is 0 Å². The zero-order valence-corrected chi connectivity index (χ0v) is 15.5. The number of rotatable bonds is 6. The lowest BCUT2D eigenvalue weighted by molar-refractivity contribution is -0.118. The molecule has 0 unspecified atom stereocenters. The van der Waals surface area contributed by atoms with Crippen LogP contribution in [0.2, 0.25) is 5.02 Å². The number of halogens is 1. The molecule has 0 atom stereocenters. The number of amides is 1. The zero-order valence-electron chi connectivity index (χ0n) is 14.0. The van der Waals surface area contributed by atoms with E-state index in [1.807, 2.05) is 24.3 Å². The molecule has 1 aromatic heterocycles. The number of thioether (sulfide) groups is 1. The number of carbonyl (C=O) groups excluding carboxylic acids is 1. The summed E-state index contributed by atoms with van der Waals surface area (Å²) in [4.78, 5) is 12.0. The largest absolute Gasteiger partial charge is 0.454 e. The van der Waals surface area contributed by atoms with Crippen LogP contribution in [0.5, 0.6) is 11.5 Å². The minimum Gasteiger partial charge on any atom is -0.454 e. The second-order valence-electron chi connectivity index (χ2n) is 5.60. The first-order chi connectivity index (χ1) is 13.2. The van der Waals surface area contributed by atoms with Gasteiger partial charge < -0.3 is 19.2 Å². The molecule has 1 N–H and O–H groups in total. The summed E-state index contributed by atoms with van der Waals surface area (Å²) in [5.41, 5.74) is 1.59. The second kappa shape index (κ2) is 7.89. The molecule has 0 fully saturated rings. The van der Waals surface area contributed by atoms with Crippen molar-refractivity contribution in [3.8, 4) is 23.0 Å². The van der Waals surface area contributed by atoms with E-state index in [2.05, 4.69) is 15.5 Å². The summed E-state index contributed by atoms with van der Waals surface area (Å²) in [5, 5.41) is 11.7. The first-order valence-electron chi connectivity index (χ1n) is 8.05. The van der Waals surface area contributed by atoms with E-state index in [1.165, 1.54) is 11.8 Å². The van der Waals surface area contributed by atoms with Gasteiger partial charge in [0.05, 0.1) is 5.75 Å². The zero-order chi connectivity index (χ0) is 18.6. The maximum absolute atomic E-state index is 12.0. The normalized spacial score (nSPS) is 12.2. The molecule has 0 saturated heterocycles. The van der Waals surface area contributed by atoms with Gasteiger partial charge in [-0.15, -0.1) is 10.2 Å². The summed E-state index contributed by atoms with van der Waals surface area (Å²) in [5.74, 6) is 1.68. The molecule has 2 heterocycles. The highest BCUT2D eigenvalue weighted by Gasteiger charge is 2.17. The molecule has 9 heteroatoms. The Labute approximate surface area is 164 Å². The lowest BCUT2D eigenvalue weighted by Crippen LogP contribution is -2.24. The van der Waals surface area contributed by atoms with Gasteiger partial charge in [-0.05, 0) is 29.8 Å². The van der Waals surface area contributed by atoms with E-state index in [-0.39, 0.29) is 18.5 Å². The van der Waals surface area contributed by atoms with Gasteiger partial charge in [0.15, 0.2) is 11.5 Å². The molecule has 1 aliphatic rings. The van der Waals surface area contributed by atoms with Crippen LogP contribution in [0.3, 0.4) is 0 Å². The highest BCUT2D eigenvalue weighted by Crippen LogP contribution is 2.35. The van der Waals surface area contributed by atoms with E-state index in [1.54, 1.807) is 18.2 Å². The number of nitrogens with one attached hydrogen (secondary N) is 1. The Bertz CT molecular complexity index is 979. The van der Waals surface area contributed by atoms with Gasteiger partial charge in [0.1, 0.15) is 0 Å². The van der Waals surface area contributed by atoms with E-state index >= 15 is 0 Å². The van der Waals surface area contributed by atoms with E-state index < -0.39 is 0 Å². The number of aromatic nitrogens is 2. The summed E-state index contributed by atoms with van der Waals surface area (Å²) in [6.45, 7) is 0.568. The van der Waals surface area contributed by atoms with Crippen molar-refractivity contribution >= 4 is 29.3 Å². The summed E-state index contributed by atoms with van der Waals surface area (Å²) < 4.78 is 16.2. The molecule has 1 amide bonds. The topological polar surface area (TPSA) is 86.5 Å². The van der Waals surface area contributed by atoms with Crippen molar-refractivity contribution in [1.82, 2.24) is 15.5 Å². The Morgan fingerprint density at radius 3 is 2.89 bits per heavy atom. The quantitative estimate of drug-likeness (QED) is 0.630. The molecule has 0 radical (unpaired) electrons. The van der Waals surface area contributed by atoms with Crippen molar-refractivity contribution in [1.29, 1.82) is 0 Å². The lowest BCUT2D eigenvalue weighted by Gasteiger charge is -2.05. The molecule has 0 aliphatic carbocycles. The molecule has 0 bridgehead atoms. The molecular formula is C18H14ClN3O4S. The Kier molecular flexibility index (Phi) is 5.17. The molecule has 3 aromatic rings. The van der Waals surface area contributed by atoms with E-state index in [0.29, 0.717) is 34.2 Å². The van der Waals surface area contributed by atoms with Crippen molar-refractivity contribution in [3.63, 3.8) is 0 Å². The monoisotopic (exact) mass is 403 g/mol. The van der Waals surface area contributed by atoms with Crippen molar-refractivity contribution in [2.45, 2.75) is 11.8 Å². The third-order valence-electron chi connectivity index (χ3n) is 3.79. The van der Waals surface area contributed by atoms with Crippen LogP contribution >= 0.6 is 23.4 Å². The van der Waals surface area contributed by atoms with Gasteiger partial charge in [0.25, 0.3) is 5.22 Å². The van der Waals surface area contributed by atoms with E-state index in [4.69, 9.17) is 25.5 Å². The van der Waals surface area contributed by atoms with Gasteiger partial charge in [-0.3, -0.25) is 4.79 Å². The first-order valence-corrected chi connectivity index (χ1v) is 9.42. The Morgan fingerprint density at radius 2 is 2.00 bits per heavy atom. The molecule has 4 rings (SSSR count). The number of hydrogen-bond acceptors (Lipinski definition) is 7. The average Bonchev–Trinajstić information content (AvgIpc) is 3.34. The highest BCUT2D eigenvalue weighted by atomic mass is 35.5. The fourth-order valence-electron chi connectivity index (χ4n) is 2.43. The minimum atomic E-state index is -0.150. The summed E-state index contributed by atoms with van der Waals surface area (Å²) in [6, 6.07) is 12.7. The molecule has 138 valence electrons. The molecule has 27 heavy (non-hydrogen) atoms. The minimum absolute atomic E-state index is 0.150. The van der Waals surface area contributed by atoms with Gasteiger partial charge in [0.2, 0.25) is 18.6 Å². The molecule has 0 spiro atoms. The van der Waals surface area contributed by atoms with Gasteiger partial charge in [-0.2, -0.15) is 0 Å². The number of fused-ring (bicyclic) bond motifs is 1. The molecule has 7 nitrogen and oxygen atoms in total. The maximum Gasteiger partial charge on any atom is 0.277 e. The number of nitrogens with zero attached hydrogens (tertiary/aromatic N) is 2. The van der Waals surface area contributed by atoms with Crippen molar-refractivity contribution in [3.05, 3.63) is 53.1 Å². The van der Waals surface area contributed by atoms with Crippen LogP contribution in [0.1, 0.15) is 5.56 Å². The smallest absolute Gasteiger partial charge is 0.277 e. The average molecular weight is 404 g/mol. The Balaban J connectivity index is 1.32. The number of hydrogen-bond donors (Lipinski definition) is 1. The number of carbonyl (C=O) groups is 1. The number of benzene rings is 2. The van der Waals surface area contributed by atoms with Crippen LogP contribution in [0.25, 0.3) is 11.5 Å². The summed E-state index contributed by atoms with van der Waals surface area (Å²) in [7, 11) is 0. The highest BCUT2D eigenvalue weighted by molar-refractivity contribution is 7.99. The third-order valence-corrected chi connectivity index (χ3v) is 4.97. The van der Waals surface area contributed by atoms with Gasteiger partial charge in [-0.1, -0.05) is 41.6 Å². The Morgan fingerprint density at radius 1 is 1.15 bits per heavy atom. The number of ether oxygens (including phenoxy) is 2. The Hall–Kier alpha value is -2.71. The van der Waals surface area contributed by atoms with Crippen LogP contribution in [0.15, 0.2) is 52.1 Å². The lowest BCUT2D eigenvalue weighted by atomic mass is 10.2.